The van der Waals surface area contributed by atoms with Gasteiger partial charge in [0.15, 0.2) is 0 Å². The van der Waals surface area contributed by atoms with E-state index in [0.29, 0.717) is 5.75 Å². The van der Waals surface area contributed by atoms with Gasteiger partial charge in [-0.05, 0) is 26.0 Å². The average Bonchev–Trinajstić information content (AvgIpc) is 2.12. The Morgan fingerprint density at radius 3 is 2.57 bits per heavy atom. The molecular formula is C10H20O3S. The summed E-state index contributed by atoms with van der Waals surface area (Å²) in [6.07, 6.45) is 0.945. The van der Waals surface area contributed by atoms with E-state index >= 15 is 0 Å². The van der Waals surface area contributed by atoms with Crippen LogP contribution < -0.4 is 0 Å². The van der Waals surface area contributed by atoms with Crippen molar-refractivity contribution in [2.75, 3.05) is 18.6 Å². The highest BCUT2D eigenvalue weighted by Gasteiger charge is 2.16. The largest absolute Gasteiger partial charge is 0.481 e. The highest BCUT2D eigenvalue weighted by Crippen LogP contribution is 2.18. The van der Waals surface area contributed by atoms with Crippen LogP contribution in [0.4, 0.5) is 0 Å². The number of carbonyl (C=O) groups is 1. The zero-order valence-corrected chi connectivity index (χ0v) is 10.2. The van der Waals surface area contributed by atoms with Gasteiger partial charge in [0, 0.05) is 12.9 Å². The molecule has 1 unspecified atom stereocenters. The van der Waals surface area contributed by atoms with Crippen LogP contribution in [-0.2, 0) is 9.53 Å². The molecule has 0 aromatic heterocycles. The molecule has 0 aromatic rings. The van der Waals surface area contributed by atoms with E-state index in [2.05, 4.69) is 0 Å². The van der Waals surface area contributed by atoms with Crippen LogP contribution >= 0.6 is 11.8 Å². The fraction of sp³-hybridized carbons (Fsp3) is 0.900. The minimum absolute atomic E-state index is 0.0978. The molecule has 0 amide bonds. The van der Waals surface area contributed by atoms with Crippen molar-refractivity contribution in [1.82, 2.24) is 0 Å². The van der Waals surface area contributed by atoms with Crippen molar-refractivity contribution < 1.29 is 14.6 Å². The summed E-state index contributed by atoms with van der Waals surface area (Å²) < 4.78 is 5.26. The molecule has 14 heavy (non-hydrogen) atoms. The van der Waals surface area contributed by atoms with Gasteiger partial charge in [0.1, 0.15) is 0 Å². The lowest BCUT2D eigenvalue weighted by Crippen LogP contribution is -2.23. The van der Waals surface area contributed by atoms with Gasteiger partial charge in [-0.1, -0.05) is 6.92 Å². The molecule has 0 rings (SSSR count). The predicted molar refractivity (Wildman–Crippen MR) is 59.8 cm³/mol. The van der Waals surface area contributed by atoms with E-state index in [4.69, 9.17) is 9.84 Å². The van der Waals surface area contributed by atoms with Crippen LogP contribution in [0.5, 0.6) is 0 Å². The third-order valence-electron chi connectivity index (χ3n) is 2.19. The minimum atomic E-state index is -0.719. The Bertz CT molecular complexity index is 180. The molecular weight excluding hydrogens is 200 g/mol. The minimum Gasteiger partial charge on any atom is -0.481 e. The second kappa shape index (κ2) is 6.30. The number of thioether (sulfide) groups is 1. The van der Waals surface area contributed by atoms with Gasteiger partial charge in [0.05, 0.1) is 11.5 Å². The van der Waals surface area contributed by atoms with Crippen LogP contribution in [0.15, 0.2) is 0 Å². The number of carboxylic acids is 1. The maximum Gasteiger partial charge on any atom is 0.307 e. The lowest BCUT2D eigenvalue weighted by atomic mass is 10.1. The maximum atomic E-state index is 10.5. The number of hydrogen-bond acceptors (Lipinski definition) is 3. The standard InChI is InChI=1S/C10H20O3S/c1-8(9(11)12)7-14-6-5-10(2,3)13-4/h8H,5-7H2,1-4H3,(H,11,12). The Kier molecular flexibility index (Phi) is 6.20. The number of hydrogen-bond donors (Lipinski definition) is 1. The lowest BCUT2D eigenvalue weighted by molar-refractivity contribution is -0.140. The summed E-state index contributed by atoms with van der Waals surface area (Å²) in [5.74, 6) is 0.641. The Hall–Kier alpha value is -0.220. The fourth-order valence-corrected chi connectivity index (χ4v) is 2.05. The molecule has 0 fully saturated rings. The van der Waals surface area contributed by atoms with Gasteiger partial charge >= 0.3 is 5.97 Å². The van der Waals surface area contributed by atoms with E-state index < -0.39 is 5.97 Å². The van der Waals surface area contributed by atoms with Crippen LogP contribution in [0.1, 0.15) is 27.2 Å². The molecule has 0 spiro atoms. The fourth-order valence-electron chi connectivity index (χ4n) is 0.751. The molecule has 0 aromatic carbocycles. The number of rotatable bonds is 7. The first kappa shape index (κ1) is 13.8. The van der Waals surface area contributed by atoms with Crippen molar-refractivity contribution in [3.63, 3.8) is 0 Å². The zero-order valence-electron chi connectivity index (χ0n) is 9.37. The first-order valence-corrected chi connectivity index (χ1v) is 5.90. The maximum absolute atomic E-state index is 10.5. The smallest absolute Gasteiger partial charge is 0.307 e. The summed E-state index contributed by atoms with van der Waals surface area (Å²) in [5, 5.41) is 8.65. The normalized spacial score (nSPS) is 14.0. The number of ether oxygens (including phenoxy) is 1. The lowest BCUT2D eigenvalue weighted by Gasteiger charge is -2.22. The second-order valence-electron chi connectivity index (χ2n) is 4.03. The Balaban J connectivity index is 3.52. The van der Waals surface area contributed by atoms with Gasteiger partial charge in [-0.3, -0.25) is 4.79 Å². The molecule has 0 aliphatic heterocycles. The first-order chi connectivity index (χ1) is 6.39. The molecule has 0 aliphatic rings. The summed E-state index contributed by atoms with van der Waals surface area (Å²) in [6.45, 7) is 5.80. The van der Waals surface area contributed by atoms with Crippen molar-refractivity contribution in [2.24, 2.45) is 5.92 Å². The SMILES string of the molecule is COC(C)(C)CCSCC(C)C(=O)O. The zero-order chi connectivity index (χ0) is 11.2. The Labute approximate surface area is 90.2 Å². The van der Waals surface area contributed by atoms with Crippen molar-refractivity contribution in [3.05, 3.63) is 0 Å². The first-order valence-electron chi connectivity index (χ1n) is 4.75. The van der Waals surface area contributed by atoms with Gasteiger partial charge in [-0.25, -0.2) is 0 Å². The molecule has 0 aliphatic carbocycles. The van der Waals surface area contributed by atoms with Gasteiger partial charge in [0.2, 0.25) is 0 Å². The van der Waals surface area contributed by atoms with E-state index in [-0.39, 0.29) is 11.5 Å². The second-order valence-corrected chi connectivity index (χ2v) is 5.18. The molecule has 0 saturated carbocycles. The third kappa shape index (κ3) is 6.27. The molecule has 3 nitrogen and oxygen atoms in total. The monoisotopic (exact) mass is 220 g/mol. The van der Waals surface area contributed by atoms with Crippen LogP contribution in [0.25, 0.3) is 0 Å². The van der Waals surface area contributed by atoms with E-state index in [1.165, 1.54) is 0 Å². The van der Waals surface area contributed by atoms with E-state index in [1.807, 2.05) is 13.8 Å². The molecule has 0 saturated heterocycles. The number of methoxy groups -OCH3 is 1. The van der Waals surface area contributed by atoms with Gasteiger partial charge < -0.3 is 9.84 Å². The van der Waals surface area contributed by atoms with Crippen LogP contribution in [-0.4, -0.2) is 35.3 Å². The Morgan fingerprint density at radius 1 is 1.57 bits per heavy atom. The molecule has 4 heteroatoms. The molecule has 0 radical (unpaired) electrons. The quantitative estimate of drug-likeness (QED) is 0.668. The summed E-state index contributed by atoms with van der Waals surface area (Å²) in [6, 6.07) is 0. The molecule has 1 N–H and O–H groups in total. The average molecular weight is 220 g/mol. The molecule has 0 heterocycles. The van der Waals surface area contributed by atoms with Gasteiger partial charge in [-0.2, -0.15) is 11.8 Å². The molecule has 84 valence electrons. The van der Waals surface area contributed by atoms with Gasteiger partial charge in [0.25, 0.3) is 0 Å². The summed E-state index contributed by atoms with van der Waals surface area (Å²) in [7, 11) is 1.70. The number of aliphatic carboxylic acids is 1. The van der Waals surface area contributed by atoms with Crippen LogP contribution in [0.3, 0.4) is 0 Å². The van der Waals surface area contributed by atoms with E-state index in [9.17, 15) is 4.79 Å². The number of carboxylic acid groups (broad SMARTS) is 1. The van der Waals surface area contributed by atoms with Crippen molar-refractivity contribution >= 4 is 17.7 Å². The third-order valence-corrected chi connectivity index (χ3v) is 3.42. The molecule has 1 atom stereocenters. The van der Waals surface area contributed by atoms with E-state index in [0.717, 1.165) is 12.2 Å². The van der Waals surface area contributed by atoms with E-state index in [1.54, 1.807) is 25.8 Å². The summed E-state index contributed by atoms with van der Waals surface area (Å²) >= 11 is 1.67. The van der Waals surface area contributed by atoms with Crippen LogP contribution in [0, 0.1) is 5.92 Å². The topological polar surface area (TPSA) is 46.5 Å². The highest BCUT2D eigenvalue weighted by molar-refractivity contribution is 7.99. The predicted octanol–water partition coefficient (Wildman–Crippen LogP) is 2.26. The summed E-state index contributed by atoms with van der Waals surface area (Å²) in [4.78, 5) is 10.5. The van der Waals surface area contributed by atoms with Crippen molar-refractivity contribution in [3.8, 4) is 0 Å². The summed E-state index contributed by atoms with van der Waals surface area (Å²) in [5.41, 5.74) is -0.0978. The van der Waals surface area contributed by atoms with Crippen molar-refractivity contribution in [2.45, 2.75) is 32.8 Å². The van der Waals surface area contributed by atoms with Gasteiger partial charge in [-0.15, -0.1) is 0 Å². The van der Waals surface area contributed by atoms with Crippen LogP contribution in [0.2, 0.25) is 0 Å². The highest BCUT2D eigenvalue weighted by atomic mass is 32.2. The molecule has 0 bridgehead atoms. The Morgan fingerprint density at radius 2 is 2.14 bits per heavy atom. The van der Waals surface area contributed by atoms with Crippen molar-refractivity contribution in [1.29, 1.82) is 0 Å².